The Bertz CT molecular complexity index is 1390. The quantitative estimate of drug-likeness (QED) is 0.102. The van der Waals surface area contributed by atoms with E-state index in [1.165, 1.54) is 0 Å². The second-order valence-electron chi connectivity index (χ2n) is 6.02. The number of hydrogen-bond acceptors (Lipinski definition) is 40. The summed E-state index contributed by atoms with van der Waals surface area (Å²) in [6.45, 7) is 0. The second-order valence-corrected chi connectivity index (χ2v) is 22.0. The molecule has 0 saturated carbocycles. The topological polar surface area (TPSA) is 740 Å². The van der Waals surface area contributed by atoms with Crippen molar-refractivity contribution in [3.63, 3.8) is 0 Å². The number of hydrogen-bond donors (Lipinski definition) is 0. The molecule has 0 saturated heterocycles. The zero-order valence-corrected chi connectivity index (χ0v) is 81.9. The van der Waals surface area contributed by atoms with Crippen molar-refractivity contribution in [1.29, 1.82) is 0 Å². The Labute approximate surface area is 645 Å². The van der Waals surface area contributed by atoms with E-state index >= 15 is 0 Å². The van der Waals surface area contributed by atoms with E-state index in [1.54, 1.807) is 0 Å². The third-order valence-electron chi connectivity index (χ3n) is 1.60. The molecule has 0 aliphatic heterocycles. The van der Waals surface area contributed by atoms with Crippen LogP contribution in [0.1, 0.15) is 0 Å². The largest absolute Gasteiger partial charge is 2.00 e. The summed E-state index contributed by atoms with van der Waals surface area (Å²) >= 11 is 0. The van der Waals surface area contributed by atoms with Crippen molar-refractivity contribution in [2.24, 2.45) is 0 Å². The smallest absolute Gasteiger partial charge is 0.790 e. The monoisotopic (exact) mass is 2270 g/mol. The van der Waals surface area contributed by atoms with Crippen LogP contribution in [-0.4, -0.2) is 244 Å². The molecule has 0 aromatic heterocycles. The van der Waals surface area contributed by atoms with Crippen LogP contribution in [0.4, 0.5) is 0 Å². The van der Waals surface area contributed by atoms with Gasteiger partial charge in [0.1, 0.15) is 0 Å². The molecule has 0 fully saturated rings. The molecule has 0 spiro atoms. The van der Waals surface area contributed by atoms with E-state index in [4.69, 9.17) is 0 Å². The van der Waals surface area contributed by atoms with Gasteiger partial charge >= 0.3 is 381 Å². The molecule has 0 aromatic carbocycles. The van der Waals surface area contributed by atoms with Gasteiger partial charge in [0.25, 0.3) is 31.3 Å². The summed E-state index contributed by atoms with van der Waals surface area (Å²) in [6.07, 6.45) is 0. The fourth-order valence-corrected chi connectivity index (χ4v) is 10.4. The van der Waals surface area contributed by atoms with Gasteiger partial charge in [-0.15, -0.1) is 0 Å². The summed E-state index contributed by atoms with van der Waals surface area (Å²) < 4.78 is 139. The Morgan fingerprint density at radius 2 is 0.226 bits per heavy atom. The fraction of sp³-hybridized carbons (Fsp3) is 0. The molecular weight excluding hydrogens is 2260 g/mol. The van der Waals surface area contributed by atoms with Crippen LogP contribution < -0.4 is 97.9 Å². The van der Waals surface area contributed by atoms with Crippen LogP contribution in [0.3, 0.4) is 0 Å². The van der Waals surface area contributed by atoms with E-state index < -0.39 is 93.9 Å². The van der Waals surface area contributed by atoms with E-state index in [9.17, 15) is 153 Å². The van der Waals surface area contributed by atoms with Crippen LogP contribution in [-0.2, 0) is 226 Å². The fourth-order valence-electron chi connectivity index (χ4n) is 1.04. The zero-order valence-electron chi connectivity index (χ0n) is 28.8. The summed E-state index contributed by atoms with van der Waals surface area (Å²) in [5.74, 6) is 0. The summed E-state index contributed by atoms with van der Waals surface area (Å²) in [5, 5.41) is 0. The van der Waals surface area contributed by atoms with Gasteiger partial charge in [0.15, 0.2) is 0 Å². The molecule has 0 radical (unpaired) electrons. The van der Waals surface area contributed by atoms with E-state index in [2.05, 4.69) is 34.5 Å². The molecule has 0 unspecified atom stereocenters. The SMILES string of the molecule is O=P([O-])([O-])OP(=O)([O-])OP(=O)([O-])[O-].O=P([O-])([O-])OP(=O)([O-])OP(=O)([O-])[O-].O=P([O-])([O-])OP(=O)([O-])OP(=O)([O-])[O-].O=P([O-])([O-])OP(=O)([O-])OP(=O)([O-])[O-].[Ba+2].[Ba+2].[Ba+2].[Ba+2].[Ba+2].[Cd+2].[Cd+2].[Cd+2].[Cd+2].[Cd+2]. The van der Waals surface area contributed by atoms with Gasteiger partial charge in [-0.1, -0.05) is 0 Å². The van der Waals surface area contributed by atoms with Gasteiger partial charge in [0.2, 0.25) is 0 Å². The average molecular weight is 2260 g/mol. The first-order valence-corrected chi connectivity index (χ1v) is 26.3. The van der Waals surface area contributed by atoms with Crippen molar-refractivity contribution < 1.29 is 324 Å². The molecule has 62 heteroatoms. The van der Waals surface area contributed by atoms with Gasteiger partial charge in [0.05, 0.1) is 62.6 Å². The molecule has 62 heavy (non-hydrogen) atoms. The van der Waals surface area contributed by atoms with Crippen molar-refractivity contribution in [1.82, 2.24) is 0 Å². The number of phosphoric acid groups is 12. The molecule has 0 amide bonds. The molecular formula is Ba5Cd5O40P12. The first-order valence-electron chi connectivity index (χ1n) is 8.76. The van der Waals surface area contributed by atoms with Crippen molar-refractivity contribution in [2.75, 3.05) is 0 Å². The summed E-state index contributed by atoms with van der Waals surface area (Å²) in [4.78, 5) is 195. The van der Waals surface area contributed by atoms with Crippen LogP contribution in [0, 0.1) is 0 Å². The third-order valence-corrected chi connectivity index (χ3v) is 14.4. The molecule has 320 valence electrons. The molecule has 0 rings (SSSR count). The summed E-state index contributed by atoms with van der Waals surface area (Å²) in [6, 6.07) is 0. The Morgan fingerprint density at radius 1 is 0.177 bits per heavy atom. The minimum absolute atomic E-state index is 0. The Morgan fingerprint density at radius 3 is 0.258 bits per heavy atom. The van der Waals surface area contributed by atoms with Crippen molar-refractivity contribution >= 4 is 338 Å². The van der Waals surface area contributed by atoms with Gasteiger partial charge in [-0.25, -0.2) is 0 Å². The predicted molar refractivity (Wildman–Crippen MR) is 129 cm³/mol. The maximum Gasteiger partial charge on any atom is 2.00 e. The van der Waals surface area contributed by atoms with Crippen LogP contribution in [0.15, 0.2) is 0 Å². The maximum absolute atomic E-state index is 10.1. The van der Waals surface area contributed by atoms with Gasteiger partial charge in [-0.2, -0.15) is 0 Å². The zero-order chi connectivity index (χ0) is 43.7. The van der Waals surface area contributed by atoms with Crippen LogP contribution in [0.5, 0.6) is 0 Å². The molecule has 0 heterocycles. The maximum atomic E-state index is 10.1. The van der Waals surface area contributed by atoms with Gasteiger partial charge in [-0.05, 0) is 0 Å². The first-order chi connectivity index (χ1) is 21.7. The standard InChI is InChI=1S/5Ba.5Cd.4H5O10P3/c;;;;;;;;;;4*1-11(2,3)9-13(7,8)10-12(4,5)6/h;;;;;;;;;;4*(H,7,8)(H2,1,2,3)(H2,4,5,6)/q10*+2;;;;/p-20. The van der Waals surface area contributed by atoms with E-state index in [1.807, 2.05) is 0 Å². The van der Waals surface area contributed by atoms with Crippen molar-refractivity contribution in [3.05, 3.63) is 0 Å². The third kappa shape index (κ3) is 103. The van der Waals surface area contributed by atoms with E-state index in [0.29, 0.717) is 0 Å². The van der Waals surface area contributed by atoms with Crippen molar-refractivity contribution in [3.8, 4) is 0 Å². The predicted octanol–water partition coefficient (Wildman–Crippen LogP) is -17.3. The van der Waals surface area contributed by atoms with Crippen LogP contribution in [0.25, 0.3) is 0 Å². The summed E-state index contributed by atoms with van der Waals surface area (Å²) in [7, 11) is -71.6. The van der Waals surface area contributed by atoms with E-state index in [-0.39, 0.29) is 381 Å². The van der Waals surface area contributed by atoms with Gasteiger partial charge in [0, 0.05) is 0 Å². The minimum Gasteiger partial charge on any atom is -0.790 e. The van der Waals surface area contributed by atoms with Crippen LogP contribution >= 0.6 is 93.9 Å². The Balaban J connectivity index is -0.0000000392. The molecule has 0 N–H and O–H groups in total. The van der Waals surface area contributed by atoms with Crippen molar-refractivity contribution in [2.45, 2.75) is 0 Å². The normalized spacial score (nSPS) is 12.2. The summed E-state index contributed by atoms with van der Waals surface area (Å²) in [5.41, 5.74) is 0. The van der Waals surface area contributed by atoms with Crippen LogP contribution in [0.2, 0.25) is 0 Å². The Hall–Kier alpha value is 14.1. The molecule has 0 atom stereocenters. The molecule has 0 aliphatic rings. The van der Waals surface area contributed by atoms with Gasteiger partial charge in [-0.3, -0.25) is 52.7 Å². The molecule has 40 nitrogen and oxygen atoms in total. The van der Waals surface area contributed by atoms with Gasteiger partial charge < -0.3 is 134 Å². The van der Waals surface area contributed by atoms with E-state index in [0.717, 1.165) is 0 Å². The molecule has 0 bridgehead atoms. The number of rotatable bonds is 16. The minimum atomic E-state index is -5.97. The Kier molecular flexibility index (Phi) is 83.6. The average Bonchev–Trinajstić information content (AvgIpc) is 2.51. The second kappa shape index (κ2) is 46.6. The first kappa shape index (κ1) is 111. The molecule has 0 aliphatic carbocycles. The molecule has 0 aromatic rings.